The number of aryl methyl sites for hydroxylation is 1. The van der Waals surface area contributed by atoms with Gasteiger partial charge in [0.1, 0.15) is 5.75 Å². The van der Waals surface area contributed by atoms with E-state index in [9.17, 15) is 5.11 Å². The minimum atomic E-state index is -0.427. The molecule has 1 aromatic rings. The molecule has 1 N–H and O–H groups in total. The molecule has 0 aromatic heterocycles. The fourth-order valence-electron chi connectivity index (χ4n) is 2.52. The van der Waals surface area contributed by atoms with Crippen molar-refractivity contribution in [1.82, 2.24) is 4.90 Å². The lowest BCUT2D eigenvalue weighted by atomic mass is 10.0. The Morgan fingerprint density at radius 2 is 1.76 bits per heavy atom. The molecule has 3 heteroatoms. The van der Waals surface area contributed by atoms with Gasteiger partial charge in [0.25, 0.3) is 0 Å². The highest BCUT2D eigenvalue weighted by molar-refractivity contribution is 5.37. The molecule has 0 aliphatic rings. The van der Waals surface area contributed by atoms with Crippen LogP contribution in [0.1, 0.15) is 56.8 Å². The van der Waals surface area contributed by atoms with E-state index < -0.39 is 6.10 Å². The minimum Gasteiger partial charge on any atom is -0.496 e. The van der Waals surface area contributed by atoms with E-state index in [4.69, 9.17) is 4.74 Å². The van der Waals surface area contributed by atoms with Crippen molar-refractivity contribution in [1.29, 1.82) is 0 Å². The zero-order valence-electron chi connectivity index (χ0n) is 14.1. The molecule has 0 aliphatic heterocycles. The van der Waals surface area contributed by atoms with E-state index in [0.29, 0.717) is 6.54 Å². The van der Waals surface area contributed by atoms with E-state index in [0.717, 1.165) is 30.0 Å². The predicted octanol–water partition coefficient (Wildman–Crippen LogP) is 3.94. The molecular formula is C18H31NO2. The van der Waals surface area contributed by atoms with E-state index in [2.05, 4.69) is 18.7 Å². The first kappa shape index (κ1) is 18.0. The molecule has 3 nitrogen and oxygen atoms in total. The molecular weight excluding hydrogens is 262 g/mol. The summed E-state index contributed by atoms with van der Waals surface area (Å²) in [5.74, 6) is 0.875. The van der Waals surface area contributed by atoms with Crippen molar-refractivity contribution in [3.63, 3.8) is 0 Å². The molecule has 1 rings (SSSR count). The summed E-state index contributed by atoms with van der Waals surface area (Å²) < 4.78 is 5.27. The van der Waals surface area contributed by atoms with Gasteiger partial charge in [0.2, 0.25) is 0 Å². The molecule has 0 bridgehead atoms. The molecule has 120 valence electrons. The SMILES string of the molecule is CCCCN(CCCC)CC(O)c1ccc(OC)c(C)c1. The molecule has 0 spiro atoms. The summed E-state index contributed by atoms with van der Waals surface area (Å²) >= 11 is 0. The van der Waals surface area contributed by atoms with Crippen molar-refractivity contribution < 1.29 is 9.84 Å². The van der Waals surface area contributed by atoms with Gasteiger partial charge in [-0.2, -0.15) is 0 Å². The second-order valence-corrected chi connectivity index (χ2v) is 5.75. The van der Waals surface area contributed by atoms with Crippen molar-refractivity contribution in [2.75, 3.05) is 26.7 Å². The standard InChI is InChI=1S/C18H31NO2/c1-5-7-11-19(12-8-6-2)14-17(20)16-9-10-18(21-4)15(3)13-16/h9-10,13,17,20H,5-8,11-12,14H2,1-4H3. The molecule has 0 saturated carbocycles. The number of rotatable bonds is 10. The summed E-state index contributed by atoms with van der Waals surface area (Å²) in [5, 5.41) is 10.5. The number of hydrogen-bond donors (Lipinski definition) is 1. The molecule has 1 unspecified atom stereocenters. The highest BCUT2D eigenvalue weighted by Gasteiger charge is 2.14. The number of benzene rings is 1. The summed E-state index contributed by atoms with van der Waals surface area (Å²) in [6.07, 6.45) is 4.35. The van der Waals surface area contributed by atoms with Crippen LogP contribution in [0, 0.1) is 6.92 Å². The molecule has 0 heterocycles. The fourth-order valence-corrected chi connectivity index (χ4v) is 2.52. The van der Waals surface area contributed by atoms with Crippen LogP contribution in [0.5, 0.6) is 5.75 Å². The lowest BCUT2D eigenvalue weighted by Crippen LogP contribution is -2.30. The number of ether oxygens (including phenoxy) is 1. The van der Waals surface area contributed by atoms with Gasteiger partial charge in [0, 0.05) is 6.54 Å². The van der Waals surface area contributed by atoms with E-state index in [1.54, 1.807) is 7.11 Å². The monoisotopic (exact) mass is 293 g/mol. The third kappa shape index (κ3) is 6.06. The zero-order valence-corrected chi connectivity index (χ0v) is 14.1. The average molecular weight is 293 g/mol. The van der Waals surface area contributed by atoms with Gasteiger partial charge in [0.15, 0.2) is 0 Å². The van der Waals surface area contributed by atoms with Crippen LogP contribution < -0.4 is 4.74 Å². The maximum atomic E-state index is 10.5. The molecule has 21 heavy (non-hydrogen) atoms. The maximum absolute atomic E-state index is 10.5. The van der Waals surface area contributed by atoms with Crippen LogP contribution in [-0.4, -0.2) is 36.8 Å². The Bertz CT molecular complexity index is 398. The number of methoxy groups -OCH3 is 1. The van der Waals surface area contributed by atoms with Gasteiger partial charge in [-0.15, -0.1) is 0 Å². The quantitative estimate of drug-likeness (QED) is 0.709. The van der Waals surface area contributed by atoms with Gasteiger partial charge in [0.05, 0.1) is 13.2 Å². The average Bonchev–Trinajstić information content (AvgIpc) is 2.49. The summed E-state index contributed by atoms with van der Waals surface area (Å²) in [6.45, 7) is 9.29. The van der Waals surface area contributed by atoms with Crippen molar-refractivity contribution in [2.24, 2.45) is 0 Å². The summed E-state index contributed by atoms with van der Waals surface area (Å²) in [5.41, 5.74) is 2.05. The maximum Gasteiger partial charge on any atom is 0.121 e. The van der Waals surface area contributed by atoms with Crippen molar-refractivity contribution >= 4 is 0 Å². The van der Waals surface area contributed by atoms with E-state index in [-0.39, 0.29) is 0 Å². The van der Waals surface area contributed by atoms with Gasteiger partial charge >= 0.3 is 0 Å². The largest absolute Gasteiger partial charge is 0.496 e. The van der Waals surface area contributed by atoms with Crippen molar-refractivity contribution in [3.05, 3.63) is 29.3 Å². The molecule has 0 amide bonds. The Kier molecular flexibility index (Phi) is 8.40. The van der Waals surface area contributed by atoms with E-state index in [1.807, 2.05) is 25.1 Å². The highest BCUT2D eigenvalue weighted by Crippen LogP contribution is 2.23. The van der Waals surface area contributed by atoms with Crippen LogP contribution in [-0.2, 0) is 0 Å². The van der Waals surface area contributed by atoms with Gasteiger partial charge in [-0.05, 0) is 56.1 Å². The molecule has 1 aromatic carbocycles. The lowest BCUT2D eigenvalue weighted by Gasteiger charge is -2.25. The van der Waals surface area contributed by atoms with Gasteiger partial charge < -0.3 is 14.7 Å². The second kappa shape index (κ2) is 9.80. The molecule has 0 aliphatic carbocycles. The molecule has 0 fully saturated rings. The lowest BCUT2D eigenvalue weighted by molar-refractivity contribution is 0.111. The molecule has 0 saturated heterocycles. The topological polar surface area (TPSA) is 32.7 Å². The predicted molar refractivity (Wildman–Crippen MR) is 88.9 cm³/mol. The fraction of sp³-hybridized carbons (Fsp3) is 0.667. The van der Waals surface area contributed by atoms with Crippen molar-refractivity contribution in [2.45, 2.75) is 52.6 Å². The Hall–Kier alpha value is -1.06. The number of aliphatic hydroxyl groups is 1. The van der Waals surface area contributed by atoms with Crippen LogP contribution in [0.15, 0.2) is 18.2 Å². The highest BCUT2D eigenvalue weighted by atomic mass is 16.5. The van der Waals surface area contributed by atoms with Crippen LogP contribution in [0.25, 0.3) is 0 Å². The van der Waals surface area contributed by atoms with Gasteiger partial charge in [-0.1, -0.05) is 32.8 Å². The number of hydrogen-bond acceptors (Lipinski definition) is 3. The Morgan fingerprint density at radius 3 is 2.24 bits per heavy atom. The Labute approximate surface area is 129 Å². The van der Waals surface area contributed by atoms with E-state index in [1.165, 1.54) is 25.7 Å². The number of unbranched alkanes of at least 4 members (excludes halogenated alkanes) is 2. The van der Waals surface area contributed by atoms with Crippen LogP contribution in [0.3, 0.4) is 0 Å². The summed E-state index contributed by atoms with van der Waals surface area (Å²) in [7, 11) is 1.68. The van der Waals surface area contributed by atoms with Crippen molar-refractivity contribution in [3.8, 4) is 5.75 Å². The summed E-state index contributed by atoms with van der Waals surface area (Å²) in [4.78, 5) is 2.39. The zero-order chi connectivity index (χ0) is 15.7. The Balaban J connectivity index is 2.66. The number of nitrogens with zero attached hydrogens (tertiary/aromatic N) is 1. The van der Waals surface area contributed by atoms with Gasteiger partial charge in [-0.25, -0.2) is 0 Å². The minimum absolute atomic E-state index is 0.427. The summed E-state index contributed by atoms with van der Waals surface area (Å²) in [6, 6.07) is 5.94. The van der Waals surface area contributed by atoms with Crippen LogP contribution >= 0.6 is 0 Å². The third-order valence-electron chi connectivity index (χ3n) is 3.89. The number of aliphatic hydroxyl groups excluding tert-OH is 1. The molecule has 0 radical (unpaired) electrons. The smallest absolute Gasteiger partial charge is 0.121 e. The second-order valence-electron chi connectivity index (χ2n) is 5.75. The van der Waals surface area contributed by atoms with E-state index >= 15 is 0 Å². The van der Waals surface area contributed by atoms with Crippen LogP contribution in [0.2, 0.25) is 0 Å². The molecule has 1 atom stereocenters. The first-order valence-electron chi connectivity index (χ1n) is 8.17. The first-order chi connectivity index (χ1) is 10.1. The van der Waals surface area contributed by atoms with Crippen LogP contribution in [0.4, 0.5) is 0 Å². The van der Waals surface area contributed by atoms with Gasteiger partial charge in [-0.3, -0.25) is 0 Å². The third-order valence-corrected chi connectivity index (χ3v) is 3.89. The first-order valence-corrected chi connectivity index (χ1v) is 8.17. The Morgan fingerprint density at radius 1 is 1.14 bits per heavy atom. The normalized spacial score (nSPS) is 12.7.